The second-order valence-corrected chi connectivity index (χ2v) is 7.91. The maximum atomic E-state index is 12.4. The van der Waals surface area contributed by atoms with Crippen LogP contribution in [0.1, 0.15) is 23.2 Å². The molecule has 6 nitrogen and oxygen atoms in total. The number of aryl methyl sites for hydroxylation is 1. The van der Waals surface area contributed by atoms with Gasteiger partial charge >= 0.3 is 0 Å². The molecule has 0 unspecified atom stereocenters. The third kappa shape index (κ3) is 4.90. The molecule has 0 saturated heterocycles. The first-order chi connectivity index (χ1) is 13.1. The Morgan fingerprint density at radius 3 is 2.89 bits per heavy atom. The summed E-state index contributed by atoms with van der Waals surface area (Å²) in [6.45, 7) is 4.80. The van der Waals surface area contributed by atoms with Gasteiger partial charge in [-0.2, -0.15) is 0 Å². The zero-order valence-corrected chi connectivity index (χ0v) is 17.2. The molecular weight excluding hydrogens is 380 g/mol. The minimum absolute atomic E-state index is 0.102. The Kier molecular flexibility index (Phi) is 6.52. The number of carbonyl (C=O) groups is 1. The summed E-state index contributed by atoms with van der Waals surface area (Å²) in [6, 6.07) is 9.82. The Morgan fingerprint density at radius 2 is 2.19 bits per heavy atom. The smallest absolute Gasteiger partial charge is 0.234 e. The van der Waals surface area contributed by atoms with Crippen LogP contribution in [-0.2, 0) is 17.8 Å². The molecule has 0 radical (unpaired) electrons. The van der Waals surface area contributed by atoms with Crippen molar-refractivity contribution >= 4 is 34.7 Å². The fourth-order valence-electron chi connectivity index (χ4n) is 2.68. The van der Waals surface area contributed by atoms with E-state index >= 15 is 0 Å². The first kappa shape index (κ1) is 19.4. The zero-order chi connectivity index (χ0) is 19.2. The summed E-state index contributed by atoms with van der Waals surface area (Å²) in [5, 5.41) is 14.3. The van der Waals surface area contributed by atoms with Crippen molar-refractivity contribution in [2.75, 3.05) is 18.2 Å². The van der Waals surface area contributed by atoms with Gasteiger partial charge in [-0.15, -0.1) is 21.5 Å². The van der Waals surface area contributed by atoms with Crippen molar-refractivity contribution in [3.05, 3.63) is 52.0 Å². The molecule has 142 valence electrons. The van der Waals surface area contributed by atoms with E-state index in [4.69, 9.17) is 4.74 Å². The molecule has 3 rings (SSSR count). The highest BCUT2D eigenvalue weighted by atomic mass is 32.2. The van der Waals surface area contributed by atoms with Crippen molar-refractivity contribution in [3.8, 4) is 5.75 Å². The lowest BCUT2D eigenvalue weighted by Crippen LogP contribution is -2.15. The molecule has 8 heteroatoms. The van der Waals surface area contributed by atoms with Gasteiger partial charge in [-0.3, -0.25) is 4.79 Å². The molecule has 1 amide bonds. The molecule has 1 aromatic carbocycles. The molecule has 0 aliphatic carbocycles. The lowest BCUT2D eigenvalue weighted by atomic mass is 10.2. The Labute approximate surface area is 167 Å². The number of thiophene rings is 1. The van der Waals surface area contributed by atoms with Crippen molar-refractivity contribution < 1.29 is 9.53 Å². The van der Waals surface area contributed by atoms with E-state index in [0.717, 1.165) is 29.5 Å². The number of thioether (sulfide) groups is 1. The van der Waals surface area contributed by atoms with Gasteiger partial charge < -0.3 is 14.6 Å². The summed E-state index contributed by atoms with van der Waals surface area (Å²) in [6.07, 6.45) is 0.756. The monoisotopic (exact) mass is 402 g/mol. The Bertz CT molecular complexity index is 907. The normalized spacial score (nSPS) is 10.8. The molecule has 2 aromatic heterocycles. The summed E-state index contributed by atoms with van der Waals surface area (Å²) < 4.78 is 7.37. The average Bonchev–Trinajstić information content (AvgIpc) is 3.30. The van der Waals surface area contributed by atoms with Crippen LogP contribution < -0.4 is 10.1 Å². The number of hydrogen-bond acceptors (Lipinski definition) is 6. The van der Waals surface area contributed by atoms with E-state index in [0.29, 0.717) is 11.4 Å². The minimum atomic E-state index is -0.102. The number of carbonyl (C=O) groups excluding carboxylic acids is 1. The second-order valence-electron chi connectivity index (χ2n) is 5.94. The highest BCUT2D eigenvalue weighted by Crippen LogP contribution is 2.26. The van der Waals surface area contributed by atoms with Gasteiger partial charge in [0.25, 0.3) is 0 Å². The molecule has 0 spiro atoms. The van der Waals surface area contributed by atoms with Crippen LogP contribution in [0.2, 0.25) is 0 Å². The average molecular weight is 403 g/mol. The Hall–Kier alpha value is -2.32. The summed E-state index contributed by atoms with van der Waals surface area (Å²) in [7, 11) is 1.59. The molecule has 0 bridgehead atoms. The number of benzene rings is 1. The van der Waals surface area contributed by atoms with Crippen LogP contribution in [0.4, 0.5) is 5.69 Å². The summed E-state index contributed by atoms with van der Waals surface area (Å²) in [5.41, 5.74) is 1.74. The molecule has 0 aliphatic heterocycles. The predicted octanol–water partition coefficient (Wildman–Crippen LogP) is 4.00. The first-order valence-corrected chi connectivity index (χ1v) is 10.5. The van der Waals surface area contributed by atoms with Crippen LogP contribution in [0, 0.1) is 6.92 Å². The summed E-state index contributed by atoms with van der Waals surface area (Å²) in [5.74, 6) is 1.72. The van der Waals surface area contributed by atoms with E-state index in [-0.39, 0.29) is 11.7 Å². The molecule has 3 aromatic rings. The van der Waals surface area contributed by atoms with Crippen LogP contribution in [-0.4, -0.2) is 33.5 Å². The van der Waals surface area contributed by atoms with Gasteiger partial charge in [0, 0.05) is 17.8 Å². The maximum Gasteiger partial charge on any atom is 0.234 e. The van der Waals surface area contributed by atoms with Gasteiger partial charge in [0.15, 0.2) is 5.16 Å². The van der Waals surface area contributed by atoms with Gasteiger partial charge in [-0.05, 0) is 43.0 Å². The molecule has 0 atom stereocenters. The lowest BCUT2D eigenvalue weighted by Gasteiger charge is -2.11. The number of nitrogens with one attached hydrogen (secondary N) is 1. The highest BCUT2D eigenvalue weighted by molar-refractivity contribution is 7.99. The highest BCUT2D eigenvalue weighted by Gasteiger charge is 2.15. The van der Waals surface area contributed by atoms with Crippen LogP contribution >= 0.6 is 23.1 Å². The molecule has 27 heavy (non-hydrogen) atoms. The van der Waals surface area contributed by atoms with Gasteiger partial charge in [-0.1, -0.05) is 23.9 Å². The number of anilines is 1. The van der Waals surface area contributed by atoms with Crippen LogP contribution in [0.3, 0.4) is 0 Å². The number of methoxy groups -OCH3 is 1. The van der Waals surface area contributed by atoms with Crippen molar-refractivity contribution in [1.82, 2.24) is 14.8 Å². The fourth-order valence-corrected chi connectivity index (χ4v) is 4.20. The number of hydrogen-bond donors (Lipinski definition) is 1. The Balaban J connectivity index is 1.64. The minimum Gasteiger partial charge on any atom is -0.495 e. The van der Waals surface area contributed by atoms with E-state index in [1.807, 2.05) is 31.2 Å². The van der Waals surface area contributed by atoms with Crippen LogP contribution in [0.15, 0.2) is 40.9 Å². The van der Waals surface area contributed by atoms with Crippen molar-refractivity contribution in [2.45, 2.75) is 32.0 Å². The molecule has 2 heterocycles. The number of aromatic nitrogens is 3. The maximum absolute atomic E-state index is 12.4. The summed E-state index contributed by atoms with van der Waals surface area (Å²) in [4.78, 5) is 13.6. The van der Waals surface area contributed by atoms with Gasteiger partial charge in [0.2, 0.25) is 5.91 Å². The third-order valence-electron chi connectivity index (χ3n) is 3.98. The van der Waals surface area contributed by atoms with Crippen LogP contribution in [0.5, 0.6) is 5.75 Å². The Morgan fingerprint density at radius 1 is 1.33 bits per heavy atom. The van der Waals surface area contributed by atoms with Crippen molar-refractivity contribution in [3.63, 3.8) is 0 Å². The molecule has 0 saturated carbocycles. The van der Waals surface area contributed by atoms with Crippen LogP contribution in [0.25, 0.3) is 0 Å². The van der Waals surface area contributed by atoms with E-state index in [9.17, 15) is 4.79 Å². The van der Waals surface area contributed by atoms with Crippen molar-refractivity contribution in [2.24, 2.45) is 0 Å². The van der Waals surface area contributed by atoms with Crippen molar-refractivity contribution in [1.29, 1.82) is 0 Å². The second kappa shape index (κ2) is 9.05. The third-order valence-corrected chi connectivity index (χ3v) is 5.83. The molecule has 0 fully saturated rings. The van der Waals surface area contributed by atoms with Gasteiger partial charge in [0.05, 0.1) is 18.6 Å². The number of amides is 1. The molecular formula is C19H22N4O2S2. The first-order valence-electron chi connectivity index (χ1n) is 8.62. The fraction of sp³-hybridized carbons (Fsp3) is 0.316. The topological polar surface area (TPSA) is 69.0 Å². The molecule has 0 aliphatic rings. The van der Waals surface area contributed by atoms with Gasteiger partial charge in [-0.25, -0.2) is 0 Å². The number of ether oxygens (including phenoxy) is 1. The summed E-state index contributed by atoms with van der Waals surface area (Å²) >= 11 is 3.10. The molecule has 1 N–H and O–H groups in total. The van der Waals surface area contributed by atoms with Gasteiger partial charge in [0.1, 0.15) is 11.6 Å². The quantitative estimate of drug-likeness (QED) is 0.577. The van der Waals surface area contributed by atoms with E-state index in [2.05, 4.69) is 38.5 Å². The van der Waals surface area contributed by atoms with E-state index in [1.54, 1.807) is 18.4 Å². The largest absolute Gasteiger partial charge is 0.495 e. The number of nitrogens with zero attached hydrogens (tertiary/aromatic N) is 3. The standard InChI is InChI=1S/C19H22N4O2S2/c1-4-23-17(11-14-6-5-9-26-14)21-22-19(23)27-12-18(24)20-15-10-13(2)7-8-16(15)25-3/h5-10H,4,11-12H2,1-3H3,(H,20,24). The lowest BCUT2D eigenvalue weighted by molar-refractivity contribution is -0.113. The predicted molar refractivity (Wildman–Crippen MR) is 110 cm³/mol. The van der Waals surface area contributed by atoms with E-state index < -0.39 is 0 Å². The van der Waals surface area contributed by atoms with E-state index in [1.165, 1.54) is 16.6 Å². The zero-order valence-electron chi connectivity index (χ0n) is 15.6. The SMILES string of the molecule is CCn1c(Cc2cccs2)nnc1SCC(=O)Nc1cc(C)ccc1OC. The number of rotatable bonds is 8.